The van der Waals surface area contributed by atoms with E-state index in [1.54, 1.807) is 11.3 Å². The SMILES string of the molecule is CC(C)(C)C[Si](C)(C)Oc1cccc(-c2nc(Br)c3sccc3n2)c1. The molecule has 0 aliphatic heterocycles. The molecule has 0 unspecified atom stereocenters. The van der Waals surface area contributed by atoms with Crippen molar-refractivity contribution in [3.05, 3.63) is 40.3 Å². The van der Waals surface area contributed by atoms with Gasteiger partial charge in [-0.1, -0.05) is 32.9 Å². The molecule has 0 atom stereocenters. The molecular weight excluding hydrogens is 412 g/mol. The maximum absolute atomic E-state index is 6.42. The van der Waals surface area contributed by atoms with Gasteiger partial charge >= 0.3 is 0 Å². The van der Waals surface area contributed by atoms with E-state index in [1.807, 2.05) is 29.6 Å². The van der Waals surface area contributed by atoms with Crippen LogP contribution in [0.5, 0.6) is 5.75 Å². The standard InChI is InChI=1S/C19H23BrN2OSSi/c1-19(2,3)12-25(4,5)23-14-8-6-7-13(11-14)18-21-15-9-10-24-16(15)17(20)22-18/h6-11H,12H2,1-5H3. The average molecular weight is 435 g/mol. The lowest BCUT2D eigenvalue weighted by Crippen LogP contribution is -2.38. The third kappa shape index (κ3) is 4.68. The lowest BCUT2D eigenvalue weighted by atomic mass is 10.0. The fourth-order valence-electron chi connectivity index (χ4n) is 3.29. The summed E-state index contributed by atoms with van der Waals surface area (Å²) in [5, 5.41) is 2.04. The number of nitrogens with zero attached hydrogens (tertiary/aromatic N) is 2. The van der Waals surface area contributed by atoms with E-state index >= 15 is 0 Å². The molecular formula is C19H23BrN2OSSi. The van der Waals surface area contributed by atoms with Gasteiger partial charge < -0.3 is 4.43 Å². The fourth-order valence-corrected chi connectivity index (χ4v) is 8.04. The molecule has 3 aromatic rings. The van der Waals surface area contributed by atoms with Crippen molar-refractivity contribution in [3.8, 4) is 17.1 Å². The molecule has 2 aromatic heterocycles. The van der Waals surface area contributed by atoms with E-state index in [0.717, 1.165) is 38.0 Å². The molecule has 0 radical (unpaired) electrons. The maximum atomic E-state index is 6.42. The Hall–Kier alpha value is -1.24. The number of fused-ring (bicyclic) bond motifs is 1. The van der Waals surface area contributed by atoms with Gasteiger partial charge in [0.15, 0.2) is 5.82 Å². The van der Waals surface area contributed by atoms with Crippen LogP contribution in [0, 0.1) is 5.41 Å². The van der Waals surface area contributed by atoms with Gasteiger partial charge in [0.1, 0.15) is 10.4 Å². The molecule has 0 aliphatic carbocycles. The summed E-state index contributed by atoms with van der Waals surface area (Å²) >= 11 is 5.20. The molecule has 0 saturated heterocycles. The van der Waals surface area contributed by atoms with E-state index < -0.39 is 8.32 Å². The topological polar surface area (TPSA) is 35.0 Å². The Bertz CT molecular complexity index is 902. The van der Waals surface area contributed by atoms with E-state index in [-0.39, 0.29) is 5.41 Å². The van der Waals surface area contributed by atoms with Crippen LogP contribution in [0.15, 0.2) is 40.3 Å². The minimum Gasteiger partial charge on any atom is -0.544 e. The van der Waals surface area contributed by atoms with Gasteiger partial charge in [-0.25, -0.2) is 9.97 Å². The van der Waals surface area contributed by atoms with Crippen molar-refractivity contribution >= 4 is 45.8 Å². The first-order valence-corrected chi connectivity index (χ1v) is 13.1. The van der Waals surface area contributed by atoms with Crippen molar-refractivity contribution in [1.29, 1.82) is 0 Å². The quantitative estimate of drug-likeness (QED) is 0.336. The van der Waals surface area contributed by atoms with Crippen molar-refractivity contribution in [2.45, 2.75) is 39.9 Å². The number of rotatable bonds is 4. The minimum absolute atomic E-state index is 0.269. The molecule has 0 aliphatic rings. The second kappa shape index (κ2) is 6.82. The third-order valence-electron chi connectivity index (χ3n) is 3.70. The third-order valence-corrected chi connectivity index (χ3v) is 8.15. The van der Waals surface area contributed by atoms with Gasteiger partial charge in [0.05, 0.1) is 10.2 Å². The van der Waals surface area contributed by atoms with Crippen molar-refractivity contribution < 1.29 is 4.43 Å². The van der Waals surface area contributed by atoms with Crippen molar-refractivity contribution in [2.75, 3.05) is 0 Å². The zero-order chi connectivity index (χ0) is 18.2. The second-order valence-corrected chi connectivity index (χ2v) is 13.8. The lowest BCUT2D eigenvalue weighted by molar-refractivity contribution is 0.428. The van der Waals surface area contributed by atoms with E-state index in [1.165, 1.54) is 0 Å². The largest absolute Gasteiger partial charge is 0.544 e. The number of aromatic nitrogens is 2. The second-order valence-electron chi connectivity index (χ2n) is 8.10. The molecule has 3 nitrogen and oxygen atoms in total. The van der Waals surface area contributed by atoms with Crippen LogP contribution in [0.1, 0.15) is 20.8 Å². The smallest absolute Gasteiger partial charge is 0.245 e. The Morgan fingerprint density at radius 3 is 2.64 bits per heavy atom. The molecule has 0 spiro atoms. The van der Waals surface area contributed by atoms with Crippen LogP contribution in [0.25, 0.3) is 21.6 Å². The first-order chi connectivity index (χ1) is 11.6. The van der Waals surface area contributed by atoms with Crippen LogP contribution in [0.2, 0.25) is 19.1 Å². The number of thiophene rings is 1. The Kier molecular flexibility index (Phi) is 5.06. The van der Waals surface area contributed by atoms with Crippen LogP contribution >= 0.6 is 27.3 Å². The molecule has 0 fully saturated rings. The highest BCUT2D eigenvalue weighted by molar-refractivity contribution is 9.10. The predicted octanol–water partition coefficient (Wildman–Crippen LogP) is 6.75. The van der Waals surface area contributed by atoms with Gasteiger partial charge in [-0.15, -0.1) is 11.3 Å². The zero-order valence-electron chi connectivity index (χ0n) is 15.3. The molecule has 25 heavy (non-hydrogen) atoms. The summed E-state index contributed by atoms with van der Waals surface area (Å²) in [6.07, 6.45) is 0. The van der Waals surface area contributed by atoms with Crippen LogP contribution in [0.3, 0.4) is 0 Å². The fraction of sp³-hybridized carbons (Fsp3) is 0.368. The van der Waals surface area contributed by atoms with Gasteiger partial charge in [0.25, 0.3) is 0 Å². The van der Waals surface area contributed by atoms with Crippen LogP contribution in [-0.4, -0.2) is 18.3 Å². The molecule has 3 rings (SSSR count). The van der Waals surface area contributed by atoms with Gasteiger partial charge in [0.2, 0.25) is 8.32 Å². The molecule has 132 valence electrons. The zero-order valence-corrected chi connectivity index (χ0v) is 18.7. The predicted molar refractivity (Wildman–Crippen MR) is 113 cm³/mol. The van der Waals surface area contributed by atoms with Crippen LogP contribution < -0.4 is 4.43 Å². The molecule has 0 amide bonds. The van der Waals surface area contributed by atoms with Gasteiger partial charge in [-0.3, -0.25) is 0 Å². The lowest BCUT2D eigenvalue weighted by Gasteiger charge is -2.31. The van der Waals surface area contributed by atoms with Crippen LogP contribution in [0.4, 0.5) is 0 Å². The summed E-state index contributed by atoms with van der Waals surface area (Å²) < 4.78 is 8.34. The molecule has 1 aromatic carbocycles. The highest BCUT2D eigenvalue weighted by Crippen LogP contribution is 2.32. The van der Waals surface area contributed by atoms with Crippen LogP contribution in [-0.2, 0) is 0 Å². The Morgan fingerprint density at radius 1 is 1.16 bits per heavy atom. The van der Waals surface area contributed by atoms with E-state index in [2.05, 4.69) is 65.8 Å². The van der Waals surface area contributed by atoms with Gasteiger partial charge in [-0.05, 0) is 64.1 Å². The van der Waals surface area contributed by atoms with E-state index in [4.69, 9.17) is 4.43 Å². The number of halogens is 1. The summed E-state index contributed by atoms with van der Waals surface area (Å²) in [4.78, 5) is 9.30. The first kappa shape index (κ1) is 18.5. The first-order valence-electron chi connectivity index (χ1n) is 8.33. The molecule has 0 bridgehead atoms. The normalized spacial score (nSPS) is 12.6. The number of benzene rings is 1. The summed E-state index contributed by atoms with van der Waals surface area (Å²) in [6, 6.07) is 11.3. The molecule has 2 heterocycles. The molecule has 0 N–H and O–H groups in total. The summed E-state index contributed by atoms with van der Waals surface area (Å²) in [5.41, 5.74) is 2.22. The van der Waals surface area contributed by atoms with E-state index in [0.29, 0.717) is 0 Å². The number of hydrogen-bond donors (Lipinski definition) is 0. The Morgan fingerprint density at radius 2 is 1.92 bits per heavy atom. The van der Waals surface area contributed by atoms with Crippen molar-refractivity contribution in [2.24, 2.45) is 5.41 Å². The van der Waals surface area contributed by atoms with Crippen molar-refractivity contribution in [1.82, 2.24) is 9.97 Å². The number of hydrogen-bond acceptors (Lipinski definition) is 4. The van der Waals surface area contributed by atoms with E-state index in [9.17, 15) is 0 Å². The summed E-state index contributed by atoms with van der Waals surface area (Å²) in [6.45, 7) is 11.3. The molecule has 6 heteroatoms. The summed E-state index contributed by atoms with van der Waals surface area (Å²) in [5.74, 6) is 1.63. The monoisotopic (exact) mass is 434 g/mol. The van der Waals surface area contributed by atoms with Gasteiger partial charge in [-0.2, -0.15) is 0 Å². The Labute approximate surface area is 162 Å². The minimum atomic E-state index is -1.80. The van der Waals surface area contributed by atoms with Gasteiger partial charge in [0, 0.05) is 5.56 Å². The van der Waals surface area contributed by atoms with Crippen molar-refractivity contribution in [3.63, 3.8) is 0 Å². The average Bonchev–Trinajstić information content (AvgIpc) is 2.93. The highest BCUT2D eigenvalue weighted by Gasteiger charge is 2.30. The highest BCUT2D eigenvalue weighted by atomic mass is 79.9. The Balaban J connectivity index is 1.90. The molecule has 0 saturated carbocycles. The summed E-state index contributed by atoms with van der Waals surface area (Å²) in [7, 11) is -1.80. The maximum Gasteiger partial charge on any atom is 0.245 e.